The van der Waals surface area contributed by atoms with Gasteiger partial charge in [-0.1, -0.05) is 30.3 Å². The second kappa shape index (κ2) is 5.89. The predicted octanol–water partition coefficient (Wildman–Crippen LogP) is 4.57. The van der Waals surface area contributed by atoms with Gasteiger partial charge in [-0.2, -0.15) is 0 Å². The van der Waals surface area contributed by atoms with E-state index < -0.39 is 0 Å². The Hall–Kier alpha value is -2.85. The summed E-state index contributed by atoms with van der Waals surface area (Å²) < 4.78 is 6.61. The Morgan fingerprint density at radius 1 is 1.13 bits per heavy atom. The van der Waals surface area contributed by atoms with Crippen LogP contribution in [0.3, 0.4) is 0 Å². The number of nitrogens with zero attached hydrogens (tertiary/aromatic N) is 2. The van der Waals surface area contributed by atoms with Crippen molar-refractivity contribution >= 4 is 0 Å². The van der Waals surface area contributed by atoms with Crippen LogP contribution in [0.5, 0.6) is 11.5 Å². The van der Waals surface area contributed by atoms with Gasteiger partial charge in [0.1, 0.15) is 0 Å². The van der Waals surface area contributed by atoms with Crippen molar-refractivity contribution in [1.29, 1.82) is 0 Å². The topological polar surface area (TPSA) is 45.6 Å². The van der Waals surface area contributed by atoms with E-state index in [2.05, 4.69) is 55.3 Å². The number of phenols is 1. The number of likely N-dealkylation sites (tertiary alicyclic amines) is 1. The van der Waals surface area contributed by atoms with E-state index in [0.29, 0.717) is 17.7 Å². The van der Waals surface area contributed by atoms with Crippen molar-refractivity contribution in [3.8, 4) is 22.6 Å². The third-order valence-electron chi connectivity index (χ3n) is 8.54. The molecule has 2 aromatic carbocycles. The van der Waals surface area contributed by atoms with Gasteiger partial charge in [-0.25, -0.2) is 0 Å². The highest BCUT2D eigenvalue weighted by Gasteiger charge is 2.64. The Kier molecular flexibility index (Phi) is 3.38. The smallest absolute Gasteiger partial charge is 0.166 e. The molecule has 4 heteroatoms. The van der Waals surface area contributed by atoms with Gasteiger partial charge in [0.15, 0.2) is 17.6 Å². The number of likely N-dealkylation sites (N-methyl/N-ethyl adjacent to an activating group) is 1. The summed E-state index contributed by atoms with van der Waals surface area (Å²) >= 11 is 0. The van der Waals surface area contributed by atoms with Crippen molar-refractivity contribution in [2.45, 2.75) is 43.7 Å². The lowest BCUT2D eigenvalue weighted by molar-refractivity contribution is -0.0260. The van der Waals surface area contributed by atoms with Crippen molar-refractivity contribution in [2.75, 3.05) is 13.6 Å². The van der Waals surface area contributed by atoms with Crippen molar-refractivity contribution in [2.24, 2.45) is 5.92 Å². The molecule has 1 N–H and O–H groups in total. The van der Waals surface area contributed by atoms with Crippen LogP contribution in [0.4, 0.5) is 0 Å². The normalized spacial score (nSPS) is 29.8. The van der Waals surface area contributed by atoms with Crippen LogP contribution in [0.15, 0.2) is 48.7 Å². The Morgan fingerprint density at radius 2 is 2.00 bits per heavy atom. The molecule has 4 atom stereocenters. The molecule has 7 rings (SSSR count). The van der Waals surface area contributed by atoms with Gasteiger partial charge in [-0.15, -0.1) is 0 Å². The van der Waals surface area contributed by atoms with Crippen LogP contribution in [0, 0.1) is 12.8 Å². The van der Waals surface area contributed by atoms with Gasteiger partial charge in [-0.3, -0.25) is 4.98 Å². The molecule has 3 aromatic rings. The summed E-state index contributed by atoms with van der Waals surface area (Å²) in [6.45, 7) is 3.22. The Balaban J connectivity index is 1.45. The summed E-state index contributed by atoms with van der Waals surface area (Å²) in [7, 11) is 2.27. The molecule has 3 heterocycles. The number of piperidine rings is 1. The van der Waals surface area contributed by atoms with E-state index in [-0.39, 0.29) is 17.3 Å². The number of aromatic nitrogens is 1. The van der Waals surface area contributed by atoms with E-state index in [0.717, 1.165) is 31.5 Å². The van der Waals surface area contributed by atoms with E-state index in [4.69, 9.17) is 9.72 Å². The van der Waals surface area contributed by atoms with Crippen molar-refractivity contribution < 1.29 is 9.84 Å². The molecule has 2 aliphatic heterocycles. The molecule has 0 saturated carbocycles. The first-order valence-electron chi connectivity index (χ1n) is 11.3. The first kappa shape index (κ1) is 17.8. The lowest BCUT2D eigenvalue weighted by Crippen LogP contribution is -2.62. The van der Waals surface area contributed by atoms with Gasteiger partial charge in [0.25, 0.3) is 0 Å². The van der Waals surface area contributed by atoms with Crippen LogP contribution in [-0.4, -0.2) is 34.6 Å². The Morgan fingerprint density at radius 3 is 2.87 bits per heavy atom. The number of aryl methyl sites for hydroxylation is 1. The number of pyridine rings is 1. The summed E-state index contributed by atoms with van der Waals surface area (Å²) in [4.78, 5) is 7.57. The number of aromatic hydroxyl groups is 1. The van der Waals surface area contributed by atoms with Crippen LogP contribution in [0.1, 0.15) is 40.5 Å². The molecule has 1 aromatic heterocycles. The largest absolute Gasteiger partial charge is 0.504 e. The van der Waals surface area contributed by atoms with Gasteiger partial charge in [0, 0.05) is 28.8 Å². The first-order chi connectivity index (χ1) is 15.1. The minimum absolute atomic E-state index is 0.0665. The zero-order valence-corrected chi connectivity index (χ0v) is 17.9. The van der Waals surface area contributed by atoms with Crippen LogP contribution >= 0.6 is 0 Å². The maximum Gasteiger partial charge on any atom is 0.166 e. The molecular formula is C27H26N2O2. The Labute approximate surface area is 182 Å². The first-order valence-corrected chi connectivity index (χ1v) is 11.3. The molecule has 2 bridgehead atoms. The summed E-state index contributed by atoms with van der Waals surface area (Å²) in [6, 6.07) is 15.3. The molecule has 4 nitrogen and oxygen atoms in total. The fourth-order valence-corrected chi connectivity index (χ4v) is 7.11. The molecule has 1 spiro atoms. The minimum Gasteiger partial charge on any atom is -0.504 e. The molecule has 31 heavy (non-hydrogen) atoms. The number of rotatable bonds is 1. The highest BCUT2D eigenvalue weighted by atomic mass is 16.5. The lowest BCUT2D eigenvalue weighted by Gasteiger charge is -2.57. The molecular weight excluding hydrogens is 384 g/mol. The van der Waals surface area contributed by atoms with Gasteiger partial charge in [0.2, 0.25) is 0 Å². The van der Waals surface area contributed by atoms with Gasteiger partial charge in [-0.05, 0) is 80.1 Å². The SMILES string of the molecule is Cc1ccccc1-c1cnc2c(c1)C[C@H]1[C@H]3Cc4ccc(O)c5c4[C@@]1(CCN3C)[C@H]2O5. The number of hydrogen-bond donors (Lipinski definition) is 1. The zero-order valence-electron chi connectivity index (χ0n) is 17.9. The molecule has 1 saturated heterocycles. The van der Waals surface area contributed by atoms with Crippen molar-refractivity contribution in [3.05, 3.63) is 76.6 Å². The maximum atomic E-state index is 10.7. The van der Waals surface area contributed by atoms with Gasteiger partial charge in [0.05, 0.1) is 5.69 Å². The highest BCUT2D eigenvalue weighted by Crippen LogP contribution is 2.66. The van der Waals surface area contributed by atoms with Crippen molar-refractivity contribution in [3.63, 3.8) is 0 Å². The fourth-order valence-electron chi connectivity index (χ4n) is 7.11. The molecule has 156 valence electrons. The molecule has 0 radical (unpaired) electrons. The third-order valence-corrected chi connectivity index (χ3v) is 8.54. The lowest BCUT2D eigenvalue weighted by atomic mass is 9.51. The number of ether oxygens (including phenoxy) is 1. The zero-order chi connectivity index (χ0) is 20.9. The number of phenolic OH excluding ortho intramolecular Hbond substituents is 1. The predicted molar refractivity (Wildman–Crippen MR) is 119 cm³/mol. The summed E-state index contributed by atoms with van der Waals surface area (Å²) in [5, 5.41) is 10.7. The highest BCUT2D eigenvalue weighted by molar-refractivity contribution is 5.68. The van der Waals surface area contributed by atoms with E-state index in [1.807, 2.05) is 12.3 Å². The van der Waals surface area contributed by atoms with Gasteiger partial charge < -0.3 is 14.7 Å². The second-order valence-electron chi connectivity index (χ2n) is 9.88. The van der Waals surface area contributed by atoms with E-state index >= 15 is 0 Å². The maximum absolute atomic E-state index is 10.7. The molecule has 2 aliphatic carbocycles. The fraction of sp³-hybridized carbons (Fsp3) is 0.370. The van der Waals surface area contributed by atoms with Crippen molar-refractivity contribution in [1.82, 2.24) is 9.88 Å². The monoisotopic (exact) mass is 410 g/mol. The molecule has 4 aliphatic rings. The Bertz CT molecular complexity index is 1250. The number of fused-ring (bicyclic) bond motifs is 2. The summed E-state index contributed by atoms with van der Waals surface area (Å²) in [6.07, 6.45) is 5.01. The number of hydrogen-bond acceptors (Lipinski definition) is 4. The molecule has 0 unspecified atom stereocenters. The second-order valence-corrected chi connectivity index (χ2v) is 9.88. The van der Waals surface area contributed by atoms with E-state index in [1.165, 1.54) is 33.4 Å². The quantitative estimate of drug-likeness (QED) is 0.639. The van der Waals surface area contributed by atoms with Crippen LogP contribution in [-0.2, 0) is 18.3 Å². The summed E-state index contributed by atoms with van der Waals surface area (Å²) in [5.41, 5.74) is 8.64. The van der Waals surface area contributed by atoms with Gasteiger partial charge >= 0.3 is 0 Å². The minimum atomic E-state index is -0.106. The van der Waals surface area contributed by atoms with Crippen LogP contribution in [0.25, 0.3) is 11.1 Å². The average molecular weight is 411 g/mol. The van der Waals surface area contributed by atoms with E-state index in [1.54, 1.807) is 0 Å². The standard InChI is InChI=1S/C27H26N2O2/c1-15-5-3-4-6-19(15)18-11-17-12-20-21-13-16-7-8-22(30)25-23(16)27(20,9-10-29(21)2)26(31-25)24(17)28-14-18/h3-8,11,14,20-21,26,30H,9-10,12-13H2,1-2H3/t20-,21+,26-,27-/m0/s1. The van der Waals surface area contributed by atoms with Crippen LogP contribution < -0.4 is 4.74 Å². The molecule has 0 amide bonds. The van der Waals surface area contributed by atoms with Crippen LogP contribution in [0.2, 0.25) is 0 Å². The summed E-state index contributed by atoms with van der Waals surface area (Å²) in [5.74, 6) is 1.47. The average Bonchev–Trinajstić information content (AvgIpc) is 3.13. The number of benzene rings is 2. The molecule has 1 fully saturated rings. The third kappa shape index (κ3) is 2.11. The van der Waals surface area contributed by atoms with E-state index in [9.17, 15) is 5.11 Å².